The van der Waals surface area contributed by atoms with E-state index in [2.05, 4.69) is 10.6 Å². The molecular weight excluding hydrogens is 234 g/mol. The second-order valence-electron chi connectivity index (χ2n) is 4.45. The normalized spacial score (nSPS) is 14.1. The van der Waals surface area contributed by atoms with Gasteiger partial charge in [0.25, 0.3) is 5.69 Å². The van der Waals surface area contributed by atoms with E-state index in [-0.39, 0.29) is 18.1 Å². The van der Waals surface area contributed by atoms with E-state index >= 15 is 0 Å². The summed E-state index contributed by atoms with van der Waals surface area (Å²) in [7, 11) is 0. The zero-order chi connectivity index (χ0) is 13.1. The van der Waals surface area contributed by atoms with E-state index in [4.69, 9.17) is 0 Å². The summed E-state index contributed by atoms with van der Waals surface area (Å²) in [6, 6.07) is 4.88. The van der Waals surface area contributed by atoms with Crippen LogP contribution in [-0.4, -0.2) is 23.4 Å². The third-order valence-electron chi connectivity index (χ3n) is 2.80. The number of hydrogen-bond acceptors (Lipinski definition) is 4. The van der Waals surface area contributed by atoms with Gasteiger partial charge in [0.05, 0.1) is 11.5 Å². The zero-order valence-corrected chi connectivity index (χ0v) is 10.1. The van der Waals surface area contributed by atoms with E-state index in [1.165, 1.54) is 12.1 Å². The summed E-state index contributed by atoms with van der Waals surface area (Å²) in [5.74, 6) is -0.0461. The van der Waals surface area contributed by atoms with Crippen LogP contribution in [0.15, 0.2) is 18.2 Å². The molecule has 0 heterocycles. The summed E-state index contributed by atoms with van der Waals surface area (Å²) in [6.45, 7) is 1.96. The van der Waals surface area contributed by atoms with E-state index in [1.807, 2.05) is 0 Å². The molecule has 18 heavy (non-hydrogen) atoms. The molecule has 0 unspecified atom stereocenters. The van der Waals surface area contributed by atoms with Gasteiger partial charge in [-0.05, 0) is 31.4 Å². The van der Waals surface area contributed by atoms with Crippen molar-refractivity contribution in [3.05, 3.63) is 33.9 Å². The molecule has 2 N–H and O–H groups in total. The van der Waals surface area contributed by atoms with Crippen molar-refractivity contribution in [2.24, 2.45) is 0 Å². The van der Waals surface area contributed by atoms with Crippen LogP contribution >= 0.6 is 0 Å². The van der Waals surface area contributed by atoms with Gasteiger partial charge in [-0.25, -0.2) is 0 Å². The summed E-state index contributed by atoms with van der Waals surface area (Å²) < 4.78 is 0. The van der Waals surface area contributed by atoms with Crippen molar-refractivity contribution in [3.8, 4) is 0 Å². The molecule has 0 radical (unpaired) electrons. The molecule has 1 aliphatic rings. The molecule has 2 rings (SSSR count). The minimum atomic E-state index is -0.434. The Kier molecular flexibility index (Phi) is 3.45. The van der Waals surface area contributed by atoms with Gasteiger partial charge in [0.2, 0.25) is 5.91 Å². The molecule has 0 spiro atoms. The molecule has 0 saturated heterocycles. The van der Waals surface area contributed by atoms with Crippen LogP contribution in [0.2, 0.25) is 0 Å². The lowest BCUT2D eigenvalue weighted by Gasteiger charge is -2.09. The fourth-order valence-corrected chi connectivity index (χ4v) is 1.64. The monoisotopic (exact) mass is 249 g/mol. The maximum absolute atomic E-state index is 11.5. The van der Waals surface area contributed by atoms with Gasteiger partial charge >= 0.3 is 0 Å². The molecule has 96 valence electrons. The van der Waals surface area contributed by atoms with Gasteiger partial charge in [0, 0.05) is 23.9 Å². The van der Waals surface area contributed by atoms with Crippen molar-refractivity contribution in [3.63, 3.8) is 0 Å². The van der Waals surface area contributed by atoms with Crippen molar-refractivity contribution in [2.45, 2.75) is 25.8 Å². The van der Waals surface area contributed by atoms with Crippen LogP contribution in [0, 0.1) is 17.0 Å². The standard InChI is InChI=1S/C12H15N3O3/c1-8-6-10(15(17)18)4-5-11(8)13-7-12(16)14-9-2-3-9/h4-6,9,13H,2-3,7H2,1H3,(H,14,16). The molecule has 0 aromatic heterocycles. The molecule has 1 saturated carbocycles. The number of aryl methyl sites for hydroxylation is 1. The van der Waals surface area contributed by atoms with Gasteiger partial charge in [-0.2, -0.15) is 0 Å². The van der Waals surface area contributed by atoms with Crippen LogP contribution in [0.3, 0.4) is 0 Å². The second kappa shape index (κ2) is 5.03. The van der Waals surface area contributed by atoms with Gasteiger partial charge in [-0.15, -0.1) is 0 Å². The van der Waals surface area contributed by atoms with Crippen LogP contribution in [0.1, 0.15) is 18.4 Å². The number of anilines is 1. The van der Waals surface area contributed by atoms with Gasteiger partial charge in [-0.1, -0.05) is 0 Å². The number of benzene rings is 1. The number of hydrogen-bond donors (Lipinski definition) is 2. The van der Waals surface area contributed by atoms with Crippen LogP contribution in [-0.2, 0) is 4.79 Å². The van der Waals surface area contributed by atoms with E-state index in [1.54, 1.807) is 13.0 Å². The van der Waals surface area contributed by atoms with E-state index in [0.717, 1.165) is 24.1 Å². The number of amides is 1. The van der Waals surface area contributed by atoms with Crippen LogP contribution in [0.5, 0.6) is 0 Å². The van der Waals surface area contributed by atoms with Gasteiger partial charge in [0.1, 0.15) is 0 Å². The lowest BCUT2D eigenvalue weighted by Crippen LogP contribution is -2.31. The van der Waals surface area contributed by atoms with E-state index in [0.29, 0.717) is 6.04 Å². The minimum absolute atomic E-state index is 0.0461. The first-order chi connectivity index (χ1) is 8.56. The van der Waals surface area contributed by atoms with Crippen molar-refractivity contribution in [1.82, 2.24) is 5.32 Å². The second-order valence-corrected chi connectivity index (χ2v) is 4.45. The lowest BCUT2D eigenvalue weighted by molar-refractivity contribution is -0.384. The number of rotatable bonds is 5. The number of nitrogens with zero attached hydrogens (tertiary/aromatic N) is 1. The quantitative estimate of drug-likeness (QED) is 0.613. The maximum Gasteiger partial charge on any atom is 0.269 e. The molecule has 0 bridgehead atoms. The van der Waals surface area contributed by atoms with Crippen LogP contribution < -0.4 is 10.6 Å². The predicted molar refractivity (Wildman–Crippen MR) is 67.5 cm³/mol. The summed E-state index contributed by atoms with van der Waals surface area (Å²) >= 11 is 0. The molecule has 1 fully saturated rings. The van der Waals surface area contributed by atoms with E-state index < -0.39 is 4.92 Å². The molecule has 0 aliphatic heterocycles. The molecule has 6 heteroatoms. The van der Waals surface area contributed by atoms with E-state index in [9.17, 15) is 14.9 Å². The Hall–Kier alpha value is -2.11. The molecule has 1 aromatic carbocycles. The van der Waals surface area contributed by atoms with Crippen molar-refractivity contribution in [2.75, 3.05) is 11.9 Å². The molecule has 1 aromatic rings. The highest BCUT2D eigenvalue weighted by atomic mass is 16.6. The highest BCUT2D eigenvalue weighted by Gasteiger charge is 2.22. The smallest absolute Gasteiger partial charge is 0.269 e. The molecule has 1 amide bonds. The third-order valence-corrected chi connectivity index (χ3v) is 2.80. The fraction of sp³-hybridized carbons (Fsp3) is 0.417. The fourth-order valence-electron chi connectivity index (χ4n) is 1.64. The maximum atomic E-state index is 11.5. The number of non-ortho nitro benzene ring substituents is 1. The first kappa shape index (κ1) is 12.3. The highest BCUT2D eigenvalue weighted by Crippen LogP contribution is 2.21. The Morgan fingerprint density at radius 2 is 2.22 bits per heavy atom. The van der Waals surface area contributed by atoms with Gasteiger partial charge in [0.15, 0.2) is 0 Å². The molecule has 0 atom stereocenters. The zero-order valence-electron chi connectivity index (χ0n) is 10.1. The Labute approximate surface area is 105 Å². The summed E-state index contributed by atoms with van der Waals surface area (Å²) in [6.07, 6.45) is 2.12. The number of nitrogens with one attached hydrogen (secondary N) is 2. The topological polar surface area (TPSA) is 84.3 Å². The Morgan fingerprint density at radius 3 is 2.78 bits per heavy atom. The number of nitro groups is 1. The van der Waals surface area contributed by atoms with Crippen molar-refractivity contribution < 1.29 is 9.72 Å². The third kappa shape index (κ3) is 3.19. The number of nitro benzene ring substituents is 1. The summed E-state index contributed by atoms with van der Waals surface area (Å²) in [4.78, 5) is 21.6. The first-order valence-corrected chi connectivity index (χ1v) is 5.84. The van der Waals surface area contributed by atoms with Gasteiger partial charge < -0.3 is 10.6 Å². The Balaban J connectivity index is 1.92. The molecule has 6 nitrogen and oxygen atoms in total. The summed E-state index contributed by atoms with van der Waals surface area (Å²) in [5, 5.41) is 16.4. The SMILES string of the molecule is Cc1cc([N+](=O)[O-])ccc1NCC(=O)NC1CC1. The van der Waals surface area contributed by atoms with Crippen LogP contribution in [0.25, 0.3) is 0 Å². The summed E-state index contributed by atoms with van der Waals surface area (Å²) in [5.41, 5.74) is 1.55. The Bertz CT molecular complexity index is 483. The largest absolute Gasteiger partial charge is 0.376 e. The first-order valence-electron chi connectivity index (χ1n) is 5.84. The average Bonchev–Trinajstić information content (AvgIpc) is 3.11. The van der Waals surface area contributed by atoms with Crippen molar-refractivity contribution in [1.29, 1.82) is 0 Å². The van der Waals surface area contributed by atoms with Gasteiger partial charge in [-0.3, -0.25) is 14.9 Å². The predicted octanol–water partition coefficient (Wildman–Crippen LogP) is 1.59. The van der Waals surface area contributed by atoms with Crippen LogP contribution in [0.4, 0.5) is 11.4 Å². The Morgan fingerprint density at radius 1 is 1.50 bits per heavy atom. The van der Waals surface area contributed by atoms with Crippen molar-refractivity contribution >= 4 is 17.3 Å². The molecular formula is C12H15N3O3. The molecule has 1 aliphatic carbocycles. The number of carbonyl (C=O) groups excluding carboxylic acids is 1. The minimum Gasteiger partial charge on any atom is -0.376 e. The average molecular weight is 249 g/mol. The number of carbonyl (C=O) groups is 1. The lowest BCUT2D eigenvalue weighted by atomic mass is 10.2. The highest BCUT2D eigenvalue weighted by molar-refractivity contribution is 5.81.